The van der Waals surface area contributed by atoms with Gasteiger partial charge >= 0.3 is 0 Å². The predicted octanol–water partition coefficient (Wildman–Crippen LogP) is 3.51. The summed E-state index contributed by atoms with van der Waals surface area (Å²) >= 11 is 0. The van der Waals surface area contributed by atoms with Gasteiger partial charge in [0.05, 0.1) is 0 Å². The highest BCUT2D eigenvalue weighted by Crippen LogP contribution is 2.28. The highest BCUT2D eigenvalue weighted by molar-refractivity contribution is 5.61. The molecule has 0 saturated carbocycles. The molecule has 0 atom stereocenters. The number of fused-ring (bicyclic) bond motifs is 1. The molecule has 0 aliphatic heterocycles. The fourth-order valence-corrected chi connectivity index (χ4v) is 2.80. The van der Waals surface area contributed by atoms with Crippen LogP contribution in [0.3, 0.4) is 0 Å². The smallest absolute Gasteiger partial charge is 0.161 e. The van der Waals surface area contributed by atoms with Crippen molar-refractivity contribution in [1.29, 1.82) is 0 Å². The number of anilines is 1. The fraction of sp³-hybridized carbons (Fsp3) is 0.375. The van der Waals surface area contributed by atoms with E-state index in [9.17, 15) is 4.39 Å². The zero-order chi connectivity index (χ0) is 14.1. The van der Waals surface area contributed by atoms with Gasteiger partial charge in [-0.15, -0.1) is 0 Å². The fourth-order valence-electron chi connectivity index (χ4n) is 2.80. The van der Waals surface area contributed by atoms with E-state index in [1.165, 1.54) is 24.1 Å². The summed E-state index contributed by atoms with van der Waals surface area (Å²) in [5.41, 5.74) is 3.95. The van der Waals surface area contributed by atoms with Gasteiger partial charge in [-0.2, -0.15) is 0 Å². The molecule has 0 saturated heterocycles. The minimum absolute atomic E-state index is 0.243. The Balaban J connectivity index is 2.14. The summed E-state index contributed by atoms with van der Waals surface area (Å²) < 4.78 is 13.6. The summed E-state index contributed by atoms with van der Waals surface area (Å²) in [4.78, 5) is 9.22. The maximum absolute atomic E-state index is 13.6. The molecule has 1 aliphatic carbocycles. The molecular weight excluding hydrogens is 253 g/mol. The molecule has 0 fully saturated rings. The van der Waals surface area contributed by atoms with Gasteiger partial charge in [0.15, 0.2) is 5.82 Å². The first-order valence-corrected chi connectivity index (χ1v) is 7.02. The second-order valence-electron chi connectivity index (χ2n) is 5.30. The van der Waals surface area contributed by atoms with Crippen LogP contribution in [0.15, 0.2) is 18.2 Å². The zero-order valence-electron chi connectivity index (χ0n) is 11.8. The Hall–Kier alpha value is -1.97. The molecule has 1 aliphatic rings. The van der Waals surface area contributed by atoms with E-state index in [0.29, 0.717) is 5.82 Å². The maximum Gasteiger partial charge on any atom is 0.161 e. The lowest BCUT2D eigenvalue weighted by Crippen LogP contribution is -2.12. The summed E-state index contributed by atoms with van der Waals surface area (Å²) in [6.45, 7) is 1.88. The van der Waals surface area contributed by atoms with Gasteiger partial charge in [-0.3, -0.25) is 0 Å². The number of aryl methyl sites for hydroxylation is 2. The first-order valence-electron chi connectivity index (χ1n) is 7.02. The minimum atomic E-state index is -0.243. The molecule has 0 unspecified atom stereocenters. The molecule has 0 bridgehead atoms. The molecule has 20 heavy (non-hydrogen) atoms. The summed E-state index contributed by atoms with van der Waals surface area (Å²) in [5, 5.41) is 3.15. The van der Waals surface area contributed by atoms with E-state index in [-0.39, 0.29) is 5.82 Å². The second kappa shape index (κ2) is 5.19. The standard InChI is InChI=1S/C16H18FN3/c1-10-7-11(9-12(17)8-10)15-19-14-6-4-3-5-13(14)16(18-2)20-15/h7-9H,3-6H2,1-2H3,(H,18,19,20). The van der Waals surface area contributed by atoms with Crippen molar-refractivity contribution in [2.45, 2.75) is 32.6 Å². The topological polar surface area (TPSA) is 37.8 Å². The molecule has 1 N–H and O–H groups in total. The molecule has 2 aromatic rings. The molecule has 0 spiro atoms. The third-order valence-electron chi connectivity index (χ3n) is 3.72. The Morgan fingerprint density at radius 1 is 1.10 bits per heavy atom. The van der Waals surface area contributed by atoms with Gasteiger partial charge in [0.25, 0.3) is 0 Å². The minimum Gasteiger partial charge on any atom is -0.373 e. The van der Waals surface area contributed by atoms with E-state index in [1.807, 2.05) is 20.0 Å². The van der Waals surface area contributed by atoms with Crippen LogP contribution in [0.25, 0.3) is 11.4 Å². The number of benzene rings is 1. The van der Waals surface area contributed by atoms with E-state index in [2.05, 4.69) is 15.3 Å². The van der Waals surface area contributed by atoms with Crippen molar-refractivity contribution in [3.8, 4) is 11.4 Å². The summed E-state index contributed by atoms with van der Waals surface area (Å²) in [7, 11) is 1.87. The van der Waals surface area contributed by atoms with Crippen molar-refractivity contribution in [2.24, 2.45) is 0 Å². The van der Waals surface area contributed by atoms with Gasteiger partial charge in [0, 0.05) is 23.9 Å². The number of nitrogens with one attached hydrogen (secondary N) is 1. The predicted molar refractivity (Wildman–Crippen MR) is 78.4 cm³/mol. The normalized spacial score (nSPS) is 13.9. The van der Waals surface area contributed by atoms with Crippen molar-refractivity contribution < 1.29 is 4.39 Å². The first kappa shape index (κ1) is 13.0. The van der Waals surface area contributed by atoms with Crippen LogP contribution in [0.1, 0.15) is 29.7 Å². The van der Waals surface area contributed by atoms with Gasteiger partial charge in [-0.1, -0.05) is 0 Å². The number of aromatic nitrogens is 2. The Bertz CT molecular complexity index is 615. The molecule has 1 heterocycles. The van der Waals surface area contributed by atoms with Crippen LogP contribution >= 0.6 is 0 Å². The molecule has 0 radical (unpaired) electrons. The Kier molecular flexibility index (Phi) is 3.38. The average Bonchev–Trinajstić information content (AvgIpc) is 2.45. The van der Waals surface area contributed by atoms with Crippen LogP contribution in [0.4, 0.5) is 10.2 Å². The van der Waals surface area contributed by atoms with Gasteiger partial charge < -0.3 is 5.32 Å². The zero-order valence-corrected chi connectivity index (χ0v) is 11.8. The SMILES string of the molecule is CNc1nc(-c2cc(C)cc(F)c2)nc2c1CCCC2. The molecule has 4 heteroatoms. The molecule has 1 aromatic carbocycles. The maximum atomic E-state index is 13.6. The average molecular weight is 271 g/mol. The lowest BCUT2D eigenvalue weighted by atomic mass is 9.96. The van der Waals surface area contributed by atoms with E-state index < -0.39 is 0 Å². The Morgan fingerprint density at radius 2 is 1.90 bits per heavy atom. The number of rotatable bonds is 2. The molecule has 3 nitrogen and oxygen atoms in total. The number of hydrogen-bond acceptors (Lipinski definition) is 3. The Morgan fingerprint density at radius 3 is 2.65 bits per heavy atom. The van der Waals surface area contributed by atoms with Crippen molar-refractivity contribution >= 4 is 5.82 Å². The van der Waals surface area contributed by atoms with Crippen LogP contribution in [-0.4, -0.2) is 17.0 Å². The molecule has 0 amide bonds. The van der Waals surface area contributed by atoms with E-state index in [1.54, 1.807) is 0 Å². The third kappa shape index (κ3) is 2.38. The van der Waals surface area contributed by atoms with E-state index in [4.69, 9.17) is 0 Å². The second-order valence-corrected chi connectivity index (χ2v) is 5.30. The quantitative estimate of drug-likeness (QED) is 0.908. The first-order chi connectivity index (χ1) is 9.67. The lowest BCUT2D eigenvalue weighted by Gasteiger charge is -2.19. The van der Waals surface area contributed by atoms with Gasteiger partial charge in [0.1, 0.15) is 11.6 Å². The highest BCUT2D eigenvalue weighted by Gasteiger charge is 2.18. The number of halogens is 1. The monoisotopic (exact) mass is 271 g/mol. The van der Waals surface area contributed by atoms with Crippen molar-refractivity contribution in [2.75, 3.05) is 12.4 Å². The van der Waals surface area contributed by atoms with Gasteiger partial charge in [-0.05, 0) is 56.4 Å². The van der Waals surface area contributed by atoms with Gasteiger partial charge in [-0.25, -0.2) is 14.4 Å². The van der Waals surface area contributed by atoms with Crippen LogP contribution in [0.5, 0.6) is 0 Å². The van der Waals surface area contributed by atoms with Crippen molar-refractivity contribution in [3.63, 3.8) is 0 Å². The van der Waals surface area contributed by atoms with E-state index >= 15 is 0 Å². The van der Waals surface area contributed by atoms with Crippen molar-refractivity contribution in [3.05, 3.63) is 40.8 Å². The van der Waals surface area contributed by atoms with Crippen LogP contribution in [-0.2, 0) is 12.8 Å². The van der Waals surface area contributed by atoms with E-state index in [0.717, 1.165) is 41.9 Å². The molecular formula is C16H18FN3. The largest absolute Gasteiger partial charge is 0.373 e. The Labute approximate surface area is 118 Å². The van der Waals surface area contributed by atoms with Gasteiger partial charge in [0.2, 0.25) is 0 Å². The molecule has 104 valence electrons. The number of nitrogens with zero attached hydrogens (tertiary/aromatic N) is 2. The summed E-state index contributed by atoms with van der Waals surface area (Å²) in [6.07, 6.45) is 4.35. The van der Waals surface area contributed by atoms with Crippen LogP contribution in [0.2, 0.25) is 0 Å². The molecule has 3 rings (SSSR count). The lowest BCUT2D eigenvalue weighted by molar-refractivity contribution is 0.626. The third-order valence-corrected chi connectivity index (χ3v) is 3.72. The van der Waals surface area contributed by atoms with Crippen molar-refractivity contribution in [1.82, 2.24) is 9.97 Å². The number of hydrogen-bond donors (Lipinski definition) is 1. The summed E-state index contributed by atoms with van der Waals surface area (Å²) in [6, 6.07) is 4.94. The van der Waals surface area contributed by atoms with Crippen LogP contribution < -0.4 is 5.32 Å². The molecule has 1 aromatic heterocycles. The summed E-state index contributed by atoms with van der Waals surface area (Å²) in [5.74, 6) is 1.25. The van der Waals surface area contributed by atoms with Crippen LogP contribution in [0, 0.1) is 12.7 Å². The highest BCUT2D eigenvalue weighted by atomic mass is 19.1.